The molecule has 1 rings (SSSR count). The first-order valence-electron chi connectivity index (χ1n) is 6.95. The summed E-state index contributed by atoms with van der Waals surface area (Å²) in [5.41, 5.74) is 0.600. The summed E-state index contributed by atoms with van der Waals surface area (Å²) in [6.07, 6.45) is 0.787. The van der Waals surface area contributed by atoms with E-state index < -0.39 is 10.0 Å². The molecular weight excluding hydrogens is 276 g/mol. The molecule has 0 saturated carbocycles. The number of sulfonamides is 1. The van der Waals surface area contributed by atoms with Crippen LogP contribution in [-0.2, 0) is 14.8 Å². The molecule has 0 spiro atoms. The molecule has 0 amide bonds. The Hall–Kier alpha value is -1.11. The highest BCUT2D eigenvalue weighted by Crippen LogP contribution is 2.20. The average molecular weight is 300 g/mol. The van der Waals surface area contributed by atoms with E-state index >= 15 is 0 Å². The highest BCUT2D eigenvalue weighted by Gasteiger charge is 2.17. The Labute approximate surface area is 121 Å². The predicted molar refractivity (Wildman–Crippen MR) is 81.5 cm³/mol. The number of hydrogen-bond donors (Lipinski definition) is 2. The topological polar surface area (TPSA) is 67.4 Å². The lowest BCUT2D eigenvalue weighted by atomic mass is 10.3. The maximum Gasteiger partial charge on any atom is 0.242 e. The fourth-order valence-electron chi connectivity index (χ4n) is 1.76. The van der Waals surface area contributed by atoms with Crippen LogP contribution in [0.25, 0.3) is 0 Å². The summed E-state index contributed by atoms with van der Waals surface area (Å²) in [6.45, 7) is 7.45. The van der Waals surface area contributed by atoms with Crippen molar-refractivity contribution in [2.45, 2.75) is 38.2 Å². The second-order valence-electron chi connectivity index (χ2n) is 4.54. The molecule has 0 heterocycles. The van der Waals surface area contributed by atoms with Gasteiger partial charge in [-0.15, -0.1) is 0 Å². The maximum absolute atomic E-state index is 12.2. The Balaban J connectivity index is 2.83. The molecule has 0 bridgehead atoms. The number of rotatable bonds is 9. The van der Waals surface area contributed by atoms with E-state index in [4.69, 9.17) is 4.74 Å². The quantitative estimate of drug-likeness (QED) is 0.734. The lowest BCUT2D eigenvalue weighted by Gasteiger charge is -2.16. The van der Waals surface area contributed by atoms with Crippen LogP contribution in [0.15, 0.2) is 29.2 Å². The molecule has 0 aliphatic carbocycles. The van der Waals surface area contributed by atoms with Crippen molar-refractivity contribution in [1.29, 1.82) is 0 Å². The van der Waals surface area contributed by atoms with Gasteiger partial charge in [0.25, 0.3) is 0 Å². The normalized spacial score (nSPS) is 13.2. The summed E-state index contributed by atoms with van der Waals surface area (Å²) in [5.74, 6) is 0. The summed E-state index contributed by atoms with van der Waals surface area (Å²) in [4.78, 5) is 0.275. The first-order valence-corrected chi connectivity index (χ1v) is 8.43. The fraction of sp³-hybridized carbons (Fsp3) is 0.571. The van der Waals surface area contributed by atoms with Crippen LogP contribution in [0.2, 0.25) is 0 Å². The Morgan fingerprint density at radius 2 is 1.95 bits per heavy atom. The van der Waals surface area contributed by atoms with E-state index in [1.807, 2.05) is 26.8 Å². The van der Waals surface area contributed by atoms with Crippen molar-refractivity contribution in [3.05, 3.63) is 24.3 Å². The third kappa shape index (κ3) is 5.11. The fourth-order valence-corrected chi connectivity index (χ4v) is 3.07. The van der Waals surface area contributed by atoms with Crippen molar-refractivity contribution in [1.82, 2.24) is 4.72 Å². The van der Waals surface area contributed by atoms with Crippen LogP contribution in [-0.4, -0.2) is 34.2 Å². The number of hydrogen-bond acceptors (Lipinski definition) is 4. The Bertz CT molecular complexity index is 503. The van der Waals surface area contributed by atoms with Gasteiger partial charge in [0.15, 0.2) is 0 Å². The Morgan fingerprint density at radius 3 is 2.60 bits per heavy atom. The van der Waals surface area contributed by atoms with Crippen LogP contribution in [0, 0.1) is 0 Å². The van der Waals surface area contributed by atoms with Crippen molar-refractivity contribution in [2.24, 2.45) is 0 Å². The molecule has 5 nitrogen and oxygen atoms in total. The third-order valence-corrected chi connectivity index (χ3v) is 4.27. The van der Waals surface area contributed by atoms with Gasteiger partial charge in [-0.05, 0) is 32.4 Å². The Kier molecular flexibility index (Phi) is 6.98. The number of nitrogens with one attached hydrogen (secondary N) is 2. The summed E-state index contributed by atoms with van der Waals surface area (Å²) >= 11 is 0. The van der Waals surface area contributed by atoms with Gasteiger partial charge < -0.3 is 10.1 Å². The van der Waals surface area contributed by atoms with Gasteiger partial charge in [0, 0.05) is 19.7 Å². The van der Waals surface area contributed by atoms with E-state index in [0.29, 0.717) is 25.4 Å². The van der Waals surface area contributed by atoms with Crippen molar-refractivity contribution >= 4 is 15.7 Å². The highest BCUT2D eigenvalue weighted by atomic mass is 32.2. The van der Waals surface area contributed by atoms with E-state index in [2.05, 4.69) is 10.0 Å². The standard InChI is InChI=1S/C14H24N2O3S/c1-4-10-16-20(17,18)14-9-7-6-8-13(14)15-11-12(3)19-5-2/h6-9,12,15-16H,4-5,10-11H2,1-3H3. The van der Waals surface area contributed by atoms with Gasteiger partial charge in [0.1, 0.15) is 4.90 Å². The van der Waals surface area contributed by atoms with Gasteiger partial charge in [0.2, 0.25) is 10.0 Å². The molecule has 0 saturated heterocycles. The molecule has 1 unspecified atom stereocenters. The zero-order chi connectivity index (χ0) is 15.0. The number of para-hydroxylation sites is 1. The molecule has 0 aliphatic rings. The van der Waals surface area contributed by atoms with Gasteiger partial charge in [-0.2, -0.15) is 0 Å². The second kappa shape index (κ2) is 8.24. The highest BCUT2D eigenvalue weighted by molar-refractivity contribution is 7.89. The molecule has 0 fully saturated rings. The van der Waals surface area contributed by atoms with Crippen molar-refractivity contribution in [2.75, 3.05) is 25.0 Å². The molecule has 0 aromatic heterocycles. The number of benzene rings is 1. The van der Waals surface area contributed by atoms with Crippen molar-refractivity contribution < 1.29 is 13.2 Å². The first kappa shape index (κ1) is 16.9. The molecule has 2 N–H and O–H groups in total. The minimum Gasteiger partial charge on any atom is -0.381 e. The summed E-state index contributed by atoms with van der Waals surface area (Å²) in [6, 6.07) is 6.90. The van der Waals surface area contributed by atoms with E-state index in [1.165, 1.54) is 0 Å². The van der Waals surface area contributed by atoms with E-state index in [1.54, 1.807) is 18.2 Å². The molecule has 0 radical (unpaired) electrons. The SMILES string of the molecule is CCCNS(=O)(=O)c1ccccc1NCC(C)OCC. The van der Waals surface area contributed by atoms with Gasteiger partial charge in [0.05, 0.1) is 11.8 Å². The van der Waals surface area contributed by atoms with Gasteiger partial charge in [-0.3, -0.25) is 0 Å². The molecule has 6 heteroatoms. The van der Waals surface area contributed by atoms with Gasteiger partial charge >= 0.3 is 0 Å². The summed E-state index contributed by atoms with van der Waals surface area (Å²) in [7, 11) is -3.47. The number of ether oxygens (including phenoxy) is 1. The smallest absolute Gasteiger partial charge is 0.242 e. The van der Waals surface area contributed by atoms with Crippen LogP contribution in [0.4, 0.5) is 5.69 Å². The summed E-state index contributed by atoms with van der Waals surface area (Å²) < 4.78 is 32.4. The third-order valence-electron chi connectivity index (χ3n) is 2.75. The summed E-state index contributed by atoms with van der Waals surface area (Å²) in [5, 5.41) is 3.14. The maximum atomic E-state index is 12.2. The molecule has 0 aliphatic heterocycles. The van der Waals surface area contributed by atoms with E-state index in [9.17, 15) is 8.42 Å². The predicted octanol–water partition coefficient (Wildman–Crippen LogP) is 2.21. The minimum absolute atomic E-state index is 0.0272. The van der Waals surface area contributed by atoms with Crippen molar-refractivity contribution in [3.8, 4) is 0 Å². The lowest BCUT2D eigenvalue weighted by Crippen LogP contribution is -2.26. The van der Waals surface area contributed by atoms with Crippen LogP contribution in [0.5, 0.6) is 0 Å². The van der Waals surface area contributed by atoms with Crippen LogP contribution < -0.4 is 10.0 Å². The largest absolute Gasteiger partial charge is 0.381 e. The van der Waals surface area contributed by atoms with Gasteiger partial charge in [-0.1, -0.05) is 19.1 Å². The minimum atomic E-state index is -3.47. The van der Waals surface area contributed by atoms with Crippen LogP contribution in [0.3, 0.4) is 0 Å². The first-order chi connectivity index (χ1) is 9.51. The average Bonchev–Trinajstić information content (AvgIpc) is 2.43. The van der Waals surface area contributed by atoms with E-state index in [-0.39, 0.29) is 11.0 Å². The van der Waals surface area contributed by atoms with E-state index in [0.717, 1.165) is 6.42 Å². The molecule has 1 atom stereocenters. The second-order valence-corrected chi connectivity index (χ2v) is 6.28. The lowest BCUT2D eigenvalue weighted by molar-refractivity contribution is 0.0855. The van der Waals surface area contributed by atoms with Crippen molar-refractivity contribution in [3.63, 3.8) is 0 Å². The monoisotopic (exact) mass is 300 g/mol. The Morgan fingerprint density at radius 1 is 1.25 bits per heavy atom. The zero-order valence-electron chi connectivity index (χ0n) is 12.3. The van der Waals surface area contributed by atoms with Crippen LogP contribution in [0.1, 0.15) is 27.2 Å². The zero-order valence-corrected chi connectivity index (χ0v) is 13.2. The molecular formula is C14H24N2O3S. The van der Waals surface area contributed by atoms with Gasteiger partial charge in [-0.25, -0.2) is 13.1 Å². The van der Waals surface area contributed by atoms with Crippen LogP contribution >= 0.6 is 0 Å². The molecule has 20 heavy (non-hydrogen) atoms. The molecule has 1 aromatic rings. The number of anilines is 1. The molecule has 114 valence electrons. The molecule has 1 aromatic carbocycles.